The summed E-state index contributed by atoms with van der Waals surface area (Å²) in [4.78, 5) is 10.8. The maximum Gasteiger partial charge on any atom is 0.267 e. The predicted molar refractivity (Wildman–Crippen MR) is 62.7 cm³/mol. The van der Waals surface area contributed by atoms with Crippen molar-refractivity contribution in [2.24, 2.45) is 0 Å². The molecule has 94 valence electrons. The van der Waals surface area contributed by atoms with Crippen LogP contribution in [-0.4, -0.2) is 30.7 Å². The number of amides is 1. The summed E-state index contributed by atoms with van der Waals surface area (Å²) in [6.07, 6.45) is 3.16. The molecule has 2 N–H and O–H groups in total. The lowest BCUT2D eigenvalue weighted by Gasteiger charge is -2.12. The van der Waals surface area contributed by atoms with E-state index in [4.69, 9.17) is 4.55 Å². The summed E-state index contributed by atoms with van der Waals surface area (Å²) in [5, 5.41) is 1.82. The molecule has 0 aliphatic heterocycles. The second-order valence-corrected chi connectivity index (χ2v) is 5.26. The maximum atomic E-state index is 11.0. The Morgan fingerprint density at radius 1 is 1.50 bits per heavy atom. The van der Waals surface area contributed by atoms with Crippen LogP contribution in [0.3, 0.4) is 0 Å². The predicted octanol–water partition coefficient (Wildman–Crippen LogP) is 1.13. The molecule has 0 aliphatic carbocycles. The van der Waals surface area contributed by atoms with Crippen LogP contribution in [-0.2, 0) is 14.9 Å². The van der Waals surface area contributed by atoms with Crippen LogP contribution in [0.1, 0.15) is 32.6 Å². The first-order chi connectivity index (χ1) is 7.41. The molecular weight excluding hydrogens is 230 g/mol. The Morgan fingerprint density at radius 2 is 2.12 bits per heavy atom. The summed E-state index contributed by atoms with van der Waals surface area (Å²) in [6.45, 7) is 5.54. The van der Waals surface area contributed by atoms with Gasteiger partial charge in [0.1, 0.15) is 0 Å². The molecule has 0 aromatic carbocycles. The second-order valence-electron chi connectivity index (χ2n) is 3.56. The minimum absolute atomic E-state index is 0.279. The van der Waals surface area contributed by atoms with Crippen molar-refractivity contribution >= 4 is 16.0 Å². The lowest BCUT2D eigenvalue weighted by molar-refractivity contribution is -0.116. The highest BCUT2D eigenvalue weighted by Crippen LogP contribution is 2.13. The van der Waals surface area contributed by atoms with Gasteiger partial charge in [0.05, 0.1) is 5.25 Å². The number of hydrogen-bond donors (Lipinski definition) is 2. The fourth-order valence-electron chi connectivity index (χ4n) is 1.38. The van der Waals surface area contributed by atoms with Gasteiger partial charge in [-0.05, 0) is 25.3 Å². The Balaban J connectivity index is 3.95. The van der Waals surface area contributed by atoms with Crippen LogP contribution in [0.4, 0.5) is 0 Å². The zero-order valence-corrected chi connectivity index (χ0v) is 10.3. The first-order valence-electron chi connectivity index (χ1n) is 5.28. The van der Waals surface area contributed by atoms with E-state index in [2.05, 4.69) is 11.9 Å². The Hall–Kier alpha value is -0.880. The van der Waals surface area contributed by atoms with E-state index < -0.39 is 15.4 Å². The smallest absolute Gasteiger partial charge is 0.267 e. The maximum absolute atomic E-state index is 11.0. The fraction of sp³-hybridized carbons (Fsp3) is 0.700. The number of carbonyl (C=O) groups is 1. The van der Waals surface area contributed by atoms with Crippen LogP contribution in [0.2, 0.25) is 0 Å². The van der Waals surface area contributed by atoms with E-state index in [-0.39, 0.29) is 5.91 Å². The van der Waals surface area contributed by atoms with E-state index in [0.717, 1.165) is 6.08 Å². The van der Waals surface area contributed by atoms with Crippen LogP contribution in [0.5, 0.6) is 0 Å². The Labute approximate surface area is 96.7 Å². The van der Waals surface area contributed by atoms with E-state index in [9.17, 15) is 13.2 Å². The molecule has 1 amide bonds. The summed E-state index contributed by atoms with van der Waals surface area (Å²) in [6, 6.07) is 0. The van der Waals surface area contributed by atoms with Crippen LogP contribution in [0, 0.1) is 0 Å². The van der Waals surface area contributed by atoms with Crippen molar-refractivity contribution in [3.05, 3.63) is 12.7 Å². The van der Waals surface area contributed by atoms with Gasteiger partial charge in [-0.1, -0.05) is 19.9 Å². The van der Waals surface area contributed by atoms with Crippen molar-refractivity contribution in [3.8, 4) is 0 Å². The van der Waals surface area contributed by atoms with Crippen molar-refractivity contribution < 1.29 is 17.8 Å². The van der Waals surface area contributed by atoms with Crippen molar-refractivity contribution in [1.29, 1.82) is 0 Å². The van der Waals surface area contributed by atoms with Gasteiger partial charge in [0.2, 0.25) is 5.91 Å². The van der Waals surface area contributed by atoms with Crippen LogP contribution in [0.15, 0.2) is 12.7 Å². The molecule has 0 aliphatic rings. The second kappa shape index (κ2) is 7.40. The van der Waals surface area contributed by atoms with Crippen LogP contribution in [0.25, 0.3) is 0 Å². The normalized spacial score (nSPS) is 13.1. The van der Waals surface area contributed by atoms with Crippen LogP contribution >= 0.6 is 0 Å². The number of nitrogens with one attached hydrogen (secondary N) is 1. The zero-order chi connectivity index (χ0) is 12.6. The number of carbonyl (C=O) groups excluding carboxylic acids is 1. The molecule has 6 heteroatoms. The summed E-state index contributed by atoms with van der Waals surface area (Å²) in [5.41, 5.74) is 0. The van der Waals surface area contributed by atoms with Gasteiger partial charge >= 0.3 is 0 Å². The SMILES string of the molecule is C=CC(=O)NCCCC(CCC)S(=O)(=O)O. The Bertz CT molecular complexity index is 324. The average Bonchev–Trinajstić information content (AvgIpc) is 2.20. The minimum Gasteiger partial charge on any atom is -0.353 e. The van der Waals surface area contributed by atoms with E-state index in [1.54, 1.807) is 0 Å². The summed E-state index contributed by atoms with van der Waals surface area (Å²) in [7, 11) is -3.97. The number of rotatable bonds is 8. The molecule has 0 fully saturated rings. The average molecular weight is 249 g/mol. The molecule has 0 saturated carbocycles. The Morgan fingerprint density at radius 3 is 2.56 bits per heavy atom. The third-order valence-electron chi connectivity index (χ3n) is 2.22. The van der Waals surface area contributed by atoms with E-state index in [0.29, 0.717) is 32.2 Å². The molecule has 0 rings (SSSR count). The van der Waals surface area contributed by atoms with Gasteiger partial charge in [-0.3, -0.25) is 9.35 Å². The van der Waals surface area contributed by atoms with Gasteiger partial charge < -0.3 is 5.32 Å². The molecule has 1 unspecified atom stereocenters. The molecule has 0 spiro atoms. The third kappa shape index (κ3) is 6.58. The zero-order valence-electron chi connectivity index (χ0n) is 9.48. The topological polar surface area (TPSA) is 83.5 Å². The molecule has 0 heterocycles. The third-order valence-corrected chi connectivity index (χ3v) is 3.53. The lowest BCUT2D eigenvalue weighted by atomic mass is 10.1. The lowest BCUT2D eigenvalue weighted by Crippen LogP contribution is -2.25. The van der Waals surface area contributed by atoms with E-state index in [1.807, 2.05) is 6.92 Å². The minimum atomic E-state index is -3.97. The molecule has 5 nitrogen and oxygen atoms in total. The van der Waals surface area contributed by atoms with E-state index >= 15 is 0 Å². The quantitative estimate of drug-likeness (QED) is 0.383. The Kier molecular flexibility index (Phi) is 7.00. The van der Waals surface area contributed by atoms with Gasteiger partial charge in [0, 0.05) is 6.54 Å². The van der Waals surface area contributed by atoms with Gasteiger partial charge in [0.15, 0.2) is 0 Å². The highest BCUT2D eigenvalue weighted by molar-refractivity contribution is 7.86. The van der Waals surface area contributed by atoms with Crippen molar-refractivity contribution in [3.63, 3.8) is 0 Å². The molecule has 0 bridgehead atoms. The number of hydrogen-bond acceptors (Lipinski definition) is 3. The van der Waals surface area contributed by atoms with Crippen molar-refractivity contribution in [1.82, 2.24) is 5.32 Å². The molecule has 0 saturated heterocycles. The van der Waals surface area contributed by atoms with Crippen LogP contribution < -0.4 is 5.32 Å². The summed E-state index contributed by atoms with van der Waals surface area (Å²) < 4.78 is 30.8. The van der Waals surface area contributed by atoms with Gasteiger partial charge in [-0.15, -0.1) is 0 Å². The van der Waals surface area contributed by atoms with Gasteiger partial charge in [-0.25, -0.2) is 0 Å². The van der Waals surface area contributed by atoms with Crippen molar-refractivity contribution in [2.45, 2.75) is 37.9 Å². The monoisotopic (exact) mass is 249 g/mol. The molecule has 16 heavy (non-hydrogen) atoms. The largest absolute Gasteiger partial charge is 0.353 e. The molecular formula is C10H19NO4S. The highest BCUT2D eigenvalue weighted by atomic mass is 32.2. The molecule has 0 aromatic heterocycles. The van der Waals surface area contributed by atoms with Gasteiger partial charge in [-0.2, -0.15) is 8.42 Å². The summed E-state index contributed by atoms with van der Waals surface area (Å²) in [5.74, 6) is -0.279. The summed E-state index contributed by atoms with van der Waals surface area (Å²) >= 11 is 0. The molecule has 1 atom stereocenters. The van der Waals surface area contributed by atoms with Gasteiger partial charge in [0.25, 0.3) is 10.1 Å². The molecule has 0 aromatic rings. The highest BCUT2D eigenvalue weighted by Gasteiger charge is 2.21. The fourth-order valence-corrected chi connectivity index (χ4v) is 2.38. The standard InChI is InChI=1S/C10H19NO4S/c1-3-6-9(16(13,14)15)7-5-8-11-10(12)4-2/h4,9H,2-3,5-8H2,1H3,(H,11,12)(H,13,14,15). The van der Waals surface area contributed by atoms with E-state index in [1.165, 1.54) is 0 Å². The first-order valence-corrected chi connectivity index (χ1v) is 6.78. The molecule has 0 radical (unpaired) electrons. The first kappa shape index (κ1) is 15.1. The van der Waals surface area contributed by atoms with Crippen molar-refractivity contribution in [2.75, 3.05) is 6.54 Å².